The summed E-state index contributed by atoms with van der Waals surface area (Å²) in [4.78, 5) is 10.7. The van der Waals surface area contributed by atoms with Gasteiger partial charge in [-0.25, -0.2) is 10.1 Å². The lowest BCUT2D eigenvalue weighted by Crippen LogP contribution is -2.22. The fraction of sp³-hybridized carbons (Fsp3) is 0.889. The molecule has 1 aliphatic rings. The van der Waals surface area contributed by atoms with E-state index in [9.17, 15) is 4.79 Å². The summed E-state index contributed by atoms with van der Waals surface area (Å²) in [5, 5.41) is 3.77. The standard InChI is InChI=1S/C9H16NO2/c1-2-12-9(11)10-7-6-8-4-3-5-8/h8H,2-7H2,1H3. The fourth-order valence-electron chi connectivity index (χ4n) is 1.29. The second-order valence-electron chi connectivity index (χ2n) is 3.17. The van der Waals surface area contributed by atoms with Gasteiger partial charge in [-0.1, -0.05) is 19.3 Å². The molecule has 1 saturated carbocycles. The van der Waals surface area contributed by atoms with Crippen LogP contribution in [-0.4, -0.2) is 19.2 Å². The molecule has 0 heterocycles. The lowest BCUT2D eigenvalue weighted by Gasteiger charge is -2.24. The number of ether oxygens (including phenoxy) is 1. The molecule has 0 aromatic rings. The van der Waals surface area contributed by atoms with E-state index in [1.807, 2.05) is 0 Å². The van der Waals surface area contributed by atoms with Crippen molar-refractivity contribution >= 4 is 6.09 Å². The Morgan fingerprint density at radius 3 is 2.83 bits per heavy atom. The molecule has 1 aliphatic carbocycles. The highest BCUT2D eigenvalue weighted by molar-refractivity contribution is 5.66. The van der Waals surface area contributed by atoms with Gasteiger partial charge in [0.15, 0.2) is 0 Å². The van der Waals surface area contributed by atoms with Gasteiger partial charge < -0.3 is 4.74 Å². The average molecular weight is 170 g/mol. The number of carbonyl (C=O) groups excluding carboxylic acids is 1. The highest BCUT2D eigenvalue weighted by Gasteiger charge is 2.17. The SMILES string of the molecule is CCOC(=O)[N]CCC1CCC1. The quantitative estimate of drug-likeness (QED) is 0.646. The molecule has 1 radical (unpaired) electrons. The molecule has 12 heavy (non-hydrogen) atoms. The molecule has 0 aromatic carbocycles. The lowest BCUT2D eigenvalue weighted by molar-refractivity contribution is 0.149. The number of nitrogens with zero attached hydrogens (tertiary/aromatic N) is 1. The number of amides is 1. The van der Waals surface area contributed by atoms with E-state index in [0.29, 0.717) is 13.2 Å². The van der Waals surface area contributed by atoms with Crippen LogP contribution < -0.4 is 5.32 Å². The number of hydrogen-bond donors (Lipinski definition) is 0. The third-order valence-electron chi connectivity index (χ3n) is 2.27. The van der Waals surface area contributed by atoms with Gasteiger partial charge in [0.25, 0.3) is 0 Å². The zero-order valence-electron chi connectivity index (χ0n) is 7.58. The molecule has 0 saturated heterocycles. The van der Waals surface area contributed by atoms with Crippen molar-refractivity contribution in [2.75, 3.05) is 13.2 Å². The van der Waals surface area contributed by atoms with Gasteiger partial charge in [0, 0.05) is 6.54 Å². The van der Waals surface area contributed by atoms with Crippen molar-refractivity contribution < 1.29 is 9.53 Å². The van der Waals surface area contributed by atoms with E-state index in [1.165, 1.54) is 19.3 Å². The fourth-order valence-corrected chi connectivity index (χ4v) is 1.29. The highest BCUT2D eigenvalue weighted by atomic mass is 16.5. The zero-order chi connectivity index (χ0) is 8.81. The normalized spacial score (nSPS) is 16.8. The summed E-state index contributed by atoms with van der Waals surface area (Å²) in [6.45, 7) is 2.86. The Morgan fingerprint density at radius 1 is 1.58 bits per heavy atom. The van der Waals surface area contributed by atoms with Crippen molar-refractivity contribution in [3.63, 3.8) is 0 Å². The maximum Gasteiger partial charge on any atom is 0.428 e. The molecule has 0 spiro atoms. The van der Waals surface area contributed by atoms with E-state index in [0.717, 1.165) is 12.3 Å². The van der Waals surface area contributed by atoms with Crippen molar-refractivity contribution in [1.29, 1.82) is 0 Å². The predicted molar refractivity (Wildman–Crippen MR) is 46.0 cm³/mol. The van der Waals surface area contributed by atoms with Crippen LogP contribution in [0.3, 0.4) is 0 Å². The largest absolute Gasteiger partial charge is 0.448 e. The van der Waals surface area contributed by atoms with Crippen molar-refractivity contribution in [2.24, 2.45) is 5.92 Å². The first-order valence-corrected chi connectivity index (χ1v) is 4.67. The molecule has 1 amide bonds. The van der Waals surface area contributed by atoms with Crippen LogP contribution in [0.4, 0.5) is 4.79 Å². The van der Waals surface area contributed by atoms with Crippen LogP contribution in [0.2, 0.25) is 0 Å². The van der Waals surface area contributed by atoms with Crippen LogP contribution in [0, 0.1) is 5.92 Å². The summed E-state index contributed by atoms with van der Waals surface area (Å²) in [5.41, 5.74) is 0. The summed E-state index contributed by atoms with van der Waals surface area (Å²) < 4.78 is 4.67. The first kappa shape index (κ1) is 9.36. The topological polar surface area (TPSA) is 40.4 Å². The van der Waals surface area contributed by atoms with Gasteiger partial charge in [0.2, 0.25) is 0 Å². The minimum absolute atomic E-state index is 0.406. The Bertz CT molecular complexity index is 143. The van der Waals surface area contributed by atoms with E-state index >= 15 is 0 Å². The van der Waals surface area contributed by atoms with Gasteiger partial charge in [-0.15, -0.1) is 0 Å². The number of rotatable bonds is 4. The van der Waals surface area contributed by atoms with Crippen LogP contribution >= 0.6 is 0 Å². The summed E-state index contributed by atoms with van der Waals surface area (Å²) in [7, 11) is 0. The van der Waals surface area contributed by atoms with E-state index in [4.69, 9.17) is 0 Å². The van der Waals surface area contributed by atoms with E-state index in [2.05, 4.69) is 10.1 Å². The molecule has 0 N–H and O–H groups in total. The van der Waals surface area contributed by atoms with E-state index in [1.54, 1.807) is 6.92 Å². The molecule has 0 unspecified atom stereocenters. The van der Waals surface area contributed by atoms with Gasteiger partial charge in [-0.05, 0) is 19.3 Å². The highest BCUT2D eigenvalue weighted by Crippen LogP contribution is 2.28. The lowest BCUT2D eigenvalue weighted by atomic mass is 9.83. The molecule has 0 aliphatic heterocycles. The number of hydrogen-bond acceptors (Lipinski definition) is 2. The molecule has 3 nitrogen and oxygen atoms in total. The monoisotopic (exact) mass is 170 g/mol. The summed E-state index contributed by atoms with van der Waals surface area (Å²) in [5.74, 6) is 0.822. The van der Waals surface area contributed by atoms with E-state index < -0.39 is 6.09 Å². The maximum atomic E-state index is 10.7. The van der Waals surface area contributed by atoms with Crippen LogP contribution in [0.25, 0.3) is 0 Å². The smallest absolute Gasteiger partial charge is 0.428 e. The molecular formula is C9H16NO2. The Labute approximate surface area is 73.5 Å². The van der Waals surface area contributed by atoms with Gasteiger partial charge >= 0.3 is 6.09 Å². The van der Waals surface area contributed by atoms with Crippen LogP contribution in [0.1, 0.15) is 32.6 Å². The Kier molecular flexibility index (Phi) is 3.91. The van der Waals surface area contributed by atoms with Crippen LogP contribution in [-0.2, 0) is 4.74 Å². The third kappa shape index (κ3) is 3.11. The minimum Gasteiger partial charge on any atom is -0.448 e. The van der Waals surface area contributed by atoms with Crippen molar-refractivity contribution in [3.8, 4) is 0 Å². The second-order valence-corrected chi connectivity index (χ2v) is 3.17. The molecule has 0 bridgehead atoms. The van der Waals surface area contributed by atoms with Crippen molar-refractivity contribution in [2.45, 2.75) is 32.6 Å². The van der Waals surface area contributed by atoms with E-state index in [-0.39, 0.29) is 0 Å². The predicted octanol–water partition coefficient (Wildman–Crippen LogP) is 1.94. The molecule has 0 atom stereocenters. The first-order valence-electron chi connectivity index (χ1n) is 4.67. The summed E-state index contributed by atoms with van der Waals surface area (Å²) in [6, 6.07) is 0. The molecule has 3 heteroatoms. The molecule has 1 rings (SSSR count). The van der Waals surface area contributed by atoms with Gasteiger partial charge in [-0.3, -0.25) is 0 Å². The molecule has 69 valence electrons. The van der Waals surface area contributed by atoms with Crippen LogP contribution in [0.15, 0.2) is 0 Å². The summed E-state index contributed by atoms with van der Waals surface area (Å²) >= 11 is 0. The van der Waals surface area contributed by atoms with Gasteiger partial charge in [-0.2, -0.15) is 0 Å². The van der Waals surface area contributed by atoms with Gasteiger partial charge in [0.1, 0.15) is 0 Å². The van der Waals surface area contributed by atoms with Crippen molar-refractivity contribution in [3.05, 3.63) is 0 Å². The van der Waals surface area contributed by atoms with Crippen LogP contribution in [0.5, 0.6) is 0 Å². The Balaban J connectivity index is 1.90. The minimum atomic E-state index is -0.406. The Morgan fingerprint density at radius 2 is 2.33 bits per heavy atom. The number of carbonyl (C=O) groups is 1. The average Bonchev–Trinajstić information content (AvgIpc) is 1.95. The third-order valence-corrected chi connectivity index (χ3v) is 2.27. The zero-order valence-corrected chi connectivity index (χ0v) is 7.58. The second kappa shape index (κ2) is 5.01. The molecular weight excluding hydrogens is 154 g/mol. The van der Waals surface area contributed by atoms with Crippen molar-refractivity contribution in [1.82, 2.24) is 5.32 Å². The van der Waals surface area contributed by atoms with Gasteiger partial charge in [0.05, 0.1) is 6.61 Å². The first-order chi connectivity index (χ1) is 5.83. The Hall–Kier alpha value is -0.730. The maximum absolute atomic E-state index is 10.7. The summed E-state index contributed by atoms with van der Waals surface area (Å²) in [6.07, 6.45) is 4.64. The molecule has 0 aromatic heterocycles. The molecule has 1 fully saturated rings.